The molecule has 0 aliphatic rings. The van der Waals surface area contributed by atoms with Gasteiger partial charge >= 0.3 is 19.7 Å². The highest BCUT2D eigenvalue weighted by Gasteiger charge is 2.30. The van der Waals surface area contributed by atoms with Crippen molar-refractivity contribution in [1.29, 1.82) is 0 Å². The first kappa shape index (κ1) is 21.9. The van der Waals surface area contributed by atoms with Crippen molar-refractivity contribution in [3.05, 3.63) is 90.0 Å². The molecule has 0 bridgehead atoms. The minimum atomic E-state index is -4.06. The van der Waals surface area contributed by atoms with E-state index in [1.54, 1.807) is 60.7 Å². The average molecular weight is 441 g/mol. The summed E-state index contributed by atoms with van der Waals surface area (Å²) in [6.07, 6.45) is 0. The van der Waals surface area contributed by atoms with E-state index in [9.17, 15) is 14.2 Å². The lowest BCUT2D eigenvalue weighted by Crippen LogP contribution is -2.12. The number of ether oxygens (including phenoxy) is 2. The highest BCUT2D eigenvalue weighted by molar-refractivity contribution is 7.56. The van der Waals surface area contributed by atoms with Gasteiger partial charge in [0, 0.05) is 5.69 Å². The number of methoxy groups -OCH3 is 2. The zero-order valence-corrected chi connectivity index (χ0v) is 17.7. The maximum absolute atomic E-state index is 13.6. The van der Waals surface area contributed by atoms with Crippen LogP contribution in [-0.2, 0) is 14.0 Å². The van der Waals surface area contributed by atoms with Crippen molar-refractivity contribution in [2.24, 2.45) is 0 Å². The first-order valence-corrected chi connectivity index (χ1v) is 10.7. The van der Waals surface area contributed by atoms with E-state index in [1.807, 2.05) is 0 Å². The minimum Gasteiger partial charge on any atom is -0.465 e. The van der Waals surface area contributed by atoms with Gasteiger partial charge in [-0.05, 0) is 42.5 Å². The van der Waals surface area contributed by atoms with Crippen molar-refractivity contribution in [3.8, 4) is 11.5 Å². The molecule has 0 spiro atoms. The van der Waals surface area contributed by atoms with Crippen LogP contribution >= 0.6 is 7.75 Å². The molecular weight excluding hydrogens is 421 g/mol. The molecule has 0 aromatic heterocycles. The van der Waals surface area contributed by atoms with Gasteiger partial charge in [0.15, 0.2) is 0 Å². The molecule has 160 valence electrons. The summed E-state index contributed by atoms with van der Waals surface area (Å²) in [6, 6.07) is 21.0. The molecule has 9 heteroatoms. The first-order valence-electron chi connectivity index (χ1n) is 9.12. The third-order valence-corrected chi connectivity index (χ3v) is 5.41. The zero-order chi connectivity index (χ0) is 22.3. The minimum absolute atomic E-state index is 0.0545. The van der Waals surface area contributed by atoms with Crippen molar-refractivity contribution >= 4 is 25.4 Å². The Morgan fingerprint density at radius 3 is 1.52 bits per heavy atom. The van der Waals surface area contributed by atoms with Gasteiger partial charge in [-0.3, -0.25) is 5.09 Å². The number of rotatable bonds is 8. The predicted molar refractivity (Wildman–Crippen MR) is 114 cm³/mol. The normalized spacial score (nSPS) is 10.6. The summed E-state index contributed by atoms with van der Waals surface area (Å²) in [5.74, 6) is -0.772. The lowest BCUT2D eigenvalue weighted by Gasteiger charge is -2.21. The molecule has 3 aromatic rings. The third-order valence-electron chi connectivity index (χ3n) is 3.98. The van der Waals surface area contributed by atoms with E-state index in [-0.39, 0.29) is 16.8 Å². The van der Waals surface area contributed by atoms with Gasteiger partial charge in [0.2, 0.25) is 0 Å². The Morgan fingerprint density at radius 2 is 1.13 bits per heavy atom. The van der Waals surface area contributed by atoms with Crippen LogP contribution in [0.3, 0.4) is 0 Å². The van der Waals surface area contributed by atoms with Crippen LogP contribution in [0.25, 0.3) is 0 Å². The Labute approximate surface area is 179 Å². The molecule has 0 aliphatic heterocycles. The fourth-order valence-corrected chi connectivity index (χ4v) is 4.00. The molecule has 0 heterocycles. The number of hydrogen-bond acceptors (Lipinski definition) is 7. The molecule has 0 saturated carbocycles. The van der Waals surface area contributed by atoms with Crippen LogP contribution in [0.1, 0.15) is 20.7 Å². The summed E-state index contributed by atoms with van der Waals surface area (Å²) in [5.41, 5.74) is 0.247. The van der Waals surface area contributed by atoms with Gasteiger partial charge in [0.25, 0.3) is 0 Å². The lowest BCUT2D eigenvalue weighted by atomic mass is 10.1. The van der Waals surface area contributed by atoms with Crippen LogP contribution in [0.2, 0.25) is 0 Å². The van der Waals surface area contributed by atoms with E-state index in [1.165, 1.54) is 32.4 Å². The maximum Gasteiger partial charge on any atom is 0.541 e. The van der Waals surface area contributed by atoms with E-state index in [4.69, 9.17) is 18.5 Å². The Bertz CT molecular complexity index is 1020. The molecule has 0 aliphatic carbocycles. The molecule has 0 unspecified atom stereocenters. The standard InChI is InChI=1S/C22H20NO7P/c1-27-21(24)16-13-17(22(25)28-2)15-18(14-16)23-31(26,29-19-9-5-3-6-10-19)30-20-11-7-4-8-12-20/h3-15H,1-2H3,(H,23,26). The third kappa shape index (κ3) is 5.87. The van der Waals surface area contributed by atoms with Crippen molar-refractivity contribution in [2.75, 3.05) is 19.3 Å². The van der Waals surface area contributed by atoms with Gasteiger partial charge in [-0.25, -0.2) is 14.2 Å². The van der Waals surface area contributed by atoms with Crippen LogP contribution in [0.5, 0.6) is 11.5 Å². The molecular formula is C22H20NO7P. The van der Waals surface area contributed by atoms with Crippen LogP contribution < -0.4 is 14.1 Å². The van der Waals surface area contributed by atoms with E-state index < -0.39 is 19.7 Å². The topological polar surface area (TPSA) is 100 Å². The fourth-order valence-electron chi connectivity index (χ4n) is 2.63. The summed E-state index contributed by atoms with van der Waals surface area (Å²) in [7, 11) is -1.64. The average Bonchev–Trinajstić information content (AvgIpc) is 2.78. The molecule has 8 nitrogen and oxygen atoms in total. The number of benzene rings is 3. The van der Waals surface area contributed by atoms with Gasteiger partial charge in [-0.1, -0.05) is 36.4 Å². The second-order valence-corrected chi connectivity index (χ2v) is 7.78. The molecule has 0 saturated heterocycles. The SMILES string of the molecule is COC(=O)c1cc(NP(=O)(Oc2ccccc2)Oc2ccccc2)cc(C(=O)OC)c1. The van der Waals surface area contributed by atoms with Crippen molar-refractivity contribution < 1.29 is 32.7 Å². The number of anilines is 1. The molecule has 0 amide bonds. The highest BCUT2D eigenvalue weighted by atomic mass is 31.2. The van der Waals surface area contributed by atoms with E-state index in [0.29, 0.717) is 11.5 Å². The number of carbonyl (C=O) groups excluding carboxylic acids is 2. The second-order valence-electron chi connectivity index (χ2n) is 6.20. The fraction of sp³-hybridized carbons (Fsp3) is 0.0909. The summed E-state index contributed by atoms with van der Waals surface area (Å²) in [6.45, 7) is 0. The Hall–Kier alpha value is -3.77. The number of carbonyl (C=O) groups is 2. The molecule has 0 fully saturated rings. The Kier molecular flexibility index (Phi) is 6.95. The molecule has 3 rings (SSSR count). The number of esters is 2. The van der Waals surface area contributed by atoms with Crippen LogP contribution in [0.15, 0.2) is 78.9 Å². The molecule has 1 N–H and O–H groups in total. The zero-order valence-electron chi connectivity index (χ0n) is 16.8. The number of nitrogens with one attached hydrogen (secondary N) is 1. The van der Waals surface area contributed by atoms with Crippen molar-refractivity contribution in [2.45, 2.75) is 0 Å². The molecule has 0 radical (unpaired) electrons. The monoisotopic (exact) mass is 441 g/mol. The summed E-state index contributed by atoms with van der Waals surface area (Å²) in [4.78, 5) is 24.1. The predicted octanol–water partition coefficient (Wildman–Crippen LogP) is 4.94. The van der Waals surface area contributed by atoms with Gasteiger partial charge in [0.1, 0.15) is 11.5 Å². The highest BCUT2D eigenvalue weighted by Crippen LogP contribution is 2.48. The Balaban J connectivity index is 2.00. The van der Waals surface area contributed by atoms with Crippen molar-refractivity contribution in [3.63, 3.8) is 0 Å². The number of hydrogen-bond donors (Lipinski definition) is 1. The summed E-state index contributed by atoms with van der Waals surface area (Å²) >= 11 is 0. The van der Waals surface area contributed by atoms with Gasteiger partial charge in [-0.2, -0.15) is 0 Å². The van der Waals surface area contributed by atoms with Crippen LogP contribution in [0, 0.1) is 0 Å². The van der Waals surface area contributed by atoms with Gasteiger partial charge in [0.05, 0.1) is 25.3 Å². The van der Waals surface area contributed by atoms with Crippen molar-refractivity contribution in [1.82, 2.24) is 0 Å². The lowest BCUT2D eigenvalue weighted by molar-refractivity contribution is 0.0599. The Morgan fingerprint density at radius 1 is 0.710 bits per heavy atom. The van der Waals surface area contributed by atoms with Crippen LogP contribution in [-0.4, -0.2) is 26.2 Å². The molecule has 0 atom stereocenters. The van der Waals surface area contributed by atoms with E-state index in [2.05, 4.69) is 5.09 Å². The first-order chi connectivity index (χ1) is 14.9. The maximum atomic E-state index is 13.6. The molecule has 3 aromatic carbocycles. The van der Waals surface area contributed by atoms with Gasteiger partial charge < -0.3 is 18.5 Å². The quantitative estimate of drug-likeness (QED) is 0.388. The number of para-hydroxylation sites is 2. The summed E-state index contributed by atoms with van der Waals surface area (Å²) < 4.78 is 34.4. The van der Waals surface area contributed by atoms with E-state index >= 15 is 0 Å². The van der Waals surface area contributed by atoms with Crippen LogP contribution in [0.4, 0.5) is 5.69 Å². The van der Waals surface area contributed by atoms with Gasteiger partial charge in [-0.15, -0.1) is 0 Å². The second kappa shape index (κ2) is 9.82. The summed E-state index contributed by atoms with van der Waals surface area (Å²) in [5, 5.41) is 2.69. The molecule has 31 heavy (non-hydrogen) atoms. The van der Waals surface area contributed by atoms with E-state index in [0.717, 1.165) is 0 Å². The largest absolute Gasteiger partial charge is 0.541 e. The smallest absolute Gasteiger partial charge is 0.465 e.